The molecule has 0 unspecified atom stereocenters. The van der Waals surface area contributed by atoms with Crippen LogP contribution in [0.25, 0.3) is 6.08 Å². The van der Waals surface area contributed by atoms with Crippen LogP contribution in [0.15, 0.2) is 77.1 Å². The lowest BCUT2D eigenvalue weighted by Crippen LogP contribution is -2.28. The fourth-order valence-corrected chi connectivity index (χ4v) is 3.41. The molecule has 100 valence electrons. The number of anilines is 1. The van der Waals surface area contributed by atoms with Gasteiger partial charge >= 0.3 is 0 Å². The van der Waals surface area contributed by atoms with Gasteiger partial charge in [0.05, 0.1) is 0 Å². The van der Waals surface area contributed by atoms with Gasteiger partial charge in [0.25, 0.3) is 0 Å². The van der Waals surface area contributed by atoms with E-state index in [2.05, 4.69) is 72.2 Å². The summed E-state index contributed by atoms with van der Waals surface area (Å²) in [5, 5.41) is 0. The van der Waals surface area contributed by atoms with Gasteiger partial charge in [0.15, 0.2) is 0 Å². The van der Waals surface area contributed by atoms with Crippen molar-refractivity contribution in [2.24, 2.45) is 0 Å². The molecule has 3 rings (SSSR count). The van der Waals surface area contributed by atoms with E-state index < -0.39 is 0 Å². The van der Waals surface area contributed by atoms with Gasteiger partial charge in [0.1, 0.15) is 0 Å². The quantitative estimate of drug-likeness (QED) is 0.738. The topological polar surface area (TPSA) is 3.24 Å². The largest absolute Gasteiger partial charge is 0.362 e. The van der Waals surface area contributed by atoms with E-state index in [1.54, 1.807) is 0 Å². The van der Waals surface area contributed by atoms with E-state index in [1.165, 1.54) is 21.1 Å². The Morgan fingerprint density at radius 2 is 1.80 bits per heavy atom. The van der Waals surface area contributed by atoms with Crippen molar-refractivity contribution in [2.45, 2.75) is 4.90 Å². The van der Waals surface area contributed by atoms with Gasteiger partial charge in [-0.3, -0.25) is 0 Å². The van der Waals surface area contributed by atoms with Crippen molar-refractivity contribution in [3.8, 4) is 0 Å². The van der Waals surface area contributed by atoms with Gasteiger partial charge in [0, 0.05) is 28.6 Å². The molecule has 0 fully saturated rings. The third-order valence-corrected chi connectivity index (χ3v) is 4.30. The highest BCUT2D eigenvalue weighted by Crippen LogP contribution is 2.35. The zero-order valence-corrected chi connectivity index (χ0v) is 12.1. The molecule has 0 amide bonds. The standard InChI is InChI=1S/C18H17NS/c1-2-12-19-14-17(20-16-9-4-3-5-10-16)13-15-8-6-7-11-18(15)19/h2-11,13H,1,12,14H2. The third kappa shape index (κ3) is 2.81. The number of hydrogen-bond acceptors (Lipinski definition) is 2. The number of nitrogens with zero attached hydrogens (tertiary/aromatic N) is 1. The maximum Gasteiger partial charge on any atom is 0.0496 e. The zero-order chi connectivity index (χ0) is 13.8. The van der Waals surface area contributed by atoms with E-state index in [9.17, 15) is 0 Å². The molecule has 2 heteroatoms. The van der Waals surface area contributed by atoms with Gasteiger partial charge in [-0.1, -0.05) is 54.2 Å². The monoisotopic (exact) mass is 279 g/mol. The molecule has 0 radical (unpaired) electrons. The molecule has 0 spiro atoms. The second-order valence-corrected chi connectivity index (χ2v) is 5.95. The Labute approximate surface area is 124 Å². The molecule has 0 bridgehead atoms. The van der Waals surface area contributed by atoms with E-state index >= 15 is 0 Å². The first-order chi connectivity index (χ1) is 9.86. The lowest BCUT2D eigenvalue weighted by atomic mass is 10.1. The van der Waals surface area contributed by atoms with Crippen LogP contribution in [0.4, 0.5) is 5.69 Å². The molecular weight excluding hydrogens is 262 g/mol. The Morgan fingerprint density at radius 3 is 2.60 bits per heavy atom. The van der Waals surface area contributed by atoms with Gasteiger partial charge in [-0.15, -0.1) is 6.58 Å². The van der Waals surface area contributed by atoms with Crippen LogP contribution >= 0.6 is 11.8 Å². The molecule has 0 saturated heterocycles. The van der Waals surface area contributed by atoms with Crippen LogP contribution in [0.2, 0.25) is 0 Å². The Kier molecular flexibility index (Phi) is 3.93. The third-order valence-electron chi connectivity index (χ3n) is 3.28. The Balaban J connectivity index is 1.90. The Hall–Kier alpha value is -1.93. The van der Waals surface area contributed by atoms with E-state index in [0.717, 1.165) is 13.1 Å². The van der Waals surface area contributed by atoms with Gasteiger partial charge in [-0.25, -0.2) is 0 Å². The highest BCUT2D eigenvalue weighted by atomic mass is 32.2. The second kappa shape index (κ2) is 6.02. The van der Waals surface area contributed by atoms with Crippen LogP contribution in [0.1, 0.15) is 5.56 Å². The fourth-order valence-electron chi connectivity index (χ4n) is 2.41. The lowest BCUT2D eigenvalue weighted by molar-refractivity contribution is 0.939. The van der Waals surface area contributed by atoms with E-state index in [0.29, 0.717) is 0 Å². The van der Waals surface area contributed by atoms with Crippen molar-refractivity contribution in [1.29, 1.82) is 0 Å². The summed E-state index contributed by atoms with van der Waals surface area (Å²) < 4.78 is 0. The molecule has 2 aromatic carbocycles. The SMILES string of the molecule is C=CCN1CC(Sc2ccccc2)=Cc2ccccc21. The Morgan fingerprint density at radius 1 is 1.05 bits per heavy atom. The molecule has 0 aliphatic carbocycles. The lowest BCUT2D eigenvalue weighted by Gasteiger charge is -2.30. The zero-order valence-electron chi connectivity index (χ0n) is 11.3. The van der Waals surface area contributed by atoms with Gasteiger partial charge < -0.3 is 4.90 Å². The van der Waals surface area contributed by atoms with E-state index in [-0.39, 0.29) is 0 Å². The molecular formula is C18H17NS. The summed E-state index contributed by atoms with van der Waals surface area (Å²) in [5.74, 6) is 0. The number of para-hydroxylation sites is 1. The Bertz CT molecular complexity index is 631. The number of rotatable bonds is 4. The highest BCUT2D eigenvalue weighted by molar-refractivity contribution is 8.03. The molecule has 0 aromatic heterocycles. The van der Waals surface area contributed by atoms with Gasteiger partial charge in [0.2, 0.25) is 0 Å². The molecule has 20 heavy (non-hydrogen) atoms. The van der Waals surface area contributed by atoms with E-state index in [4.69, 9.17) is 0 Å². The van der Waals surface area contributed by atoms with Crippen molar-refractivity contribution in [2.75, 3.05) is 18.0 Å². The highest BCUT2D eigenvalue weighted by Gasteiger charge is 2.17. The predicted octanol–water partition coefficient (Wildman–Crippen LogP) is 4.83. The average Bonchev–Trinajstić information content (AvgIpc) is 2.49. The number of fused-ring (bicyclic) bond motifs is 1. The minimum absolute atomic E-state index is 0.879. The summed E-state index contributed by atoms with van der Waals surface area (Å²) in [5.41, 5.74) is 2.59. The molecule has 1 aliphatic heterocycles. The predicted molar refractivity (Wildman–Crippen MR) is 89.1 cm³/mol. The van der Waals surface area contributed by atoms with Crippen LogP contribution in [-0.2, 0) is 0 Å². The van der Waals surface area contributed by atoms with Crippen molar-refractivity contribution in [3.05, 3.63) is 77.7 Å². The summed E-state index contributed by atoms with van der Waals surface area (Å²) in [6, 6.07) is 19.1. The number of benzene rings is 2. The van der Waals surface area contributed by atoms with Crippen LogP contribution < -0.4 is 4.90 Å². The summed E-state index contributed by atoms with van der Waals surface area (Å²) in [6.45, 7) is 5.69. The molecule has 1 heterocycles. The first-order valence-electron chi connectivity index (χ1n) is 6.75. The summed E-state index contributed by atoms with van der Waals surface area (Å²) >= 11 is 1.84. The summed E-state index contributed by atoms with van der Waals surface area (Å²) in [7, 11) is 0. The molecule has 0 saturated carbocycles. The van der Waals surface area contributed by atoms with Crippen LogP contribution in [0.3, 0.4) is 0 Å². The molecule has 2 aromatic rings. The molecule has 0 atom stereocenters. The van der Waals surface area contributed by atoms with Gasteiger partial charge in [-0.2, -0.15) is 0 Å². The van der Waals surface area contributed by atoms with Gasteiger partial charge in [-0.05, 0) is 29.8 Å². The first kappa shape index (κ1) is 13.1. The number of thioether (sulfide) groups is 1. The fraction of sp³-hybridized carbons (Fsp3) is 0.111. The van der Waals surface area contributed by atoms with Crippen molar-refractivity contribution in [3.63, 3.8) is 0 Å². The summed E-state index contributed by atoms with van der Waals surface area (Å²) in [4.78, 5) is 5.03. The average molecular weight is 279 g/mol. The second-order valence-electron chi connectivity index (χ2n) is 4.75. The molecule has 0 N–H and O–H groups in total. The first-order valence-corrected chi connectivity index (χ1v) is 7.57. The van der Waals surface area contributed by atoms with Crippen molar-refractivity contribution >= 4 is 23.5 Å². The smallest absolute Gasteiger partial charge is 0.0496 e. The maximum absolute atomic E-state index is 3.87. The summed E-state index contributed by atoms with van der Waals surface area (Å²) in [6.07, 6.45) is 4.26. The van der Waals surface area contributed by atoms with E-state index in [1.807, 2.05) is 17.8 Å². The number of hydrogen-bond donors (Lipinski definition) is 0. The normalized spacial score (nSPS) is 13.6. The molecule has 1 nitrogen and oxygen atoms in total. The molecule has 1 aliphatic rings. The minimum Gasteiger partial charge on any atom is -0.362 e. The minimum atomic E-state index is 0.879. The van der Waals surface area contributed by atoms with Crippen LogP contribution in [0.5, 0.6) is 0 Å². The van der Waals surface area contributed by atoms with Crippen molar-refractivity contribution in [1.82, 2.24) is 0 Å². The van der Waals surface area contributed by atoms with Crippen molar-refractivity contribution < 1.29 is 0 Å². The van der Waals surface area contributed by atoms with Crippen LogP contribution in [-0.4, -0.2) is 13.1 Å². The van der Waals surface area contributed by atoms with Crippen LogP contribution in [0, 0.1) is 0 Å². The maximum atomic E-state index is 3.87.